The Morgan fingerprint density at radius 2 is 2.00 bits per heavy atom. The van der Waals surface area contributed by atoms with Gasteiger partial charge in [-0.25, -0.2) is 0 Å². The van der Waals surface area contributed by atoms with E-state index in [1.165, 1.54) is 24.8 Å². The van der Waals surface area contributed by atoms with Gasteiger partial charge in [-0.1, -0.05) is 26.0 Å². The van der Waals surface area contributed by atoms with Crippen molar-refractivity contribution in [2.45, 2.75) is 46.1 Å². The average Bonchev–Trinajstić information content (AvgIpc) is 3.05. The molecular formula is C23H38N4O. The lowest BCUT2D eigenvalue weighted by molar-refractivity contribution is 0.125. The quantitative estimate of drug-likeness (QED) is 0.618. The van der Waals surface area contributed by atoms with E-state index in [1.54, 1.807) is 7.11 Å². The van der Waals surface area contributed by atoms with E-state index in [0.717, 1.165) is 44.4 Å². The van der Waals surface area contributed by atoms with Crippen molar-refractivity contribution in [1.82, 2.24) is 15.1 Å². The molecule has 28 heavy (non-hydrogen) atoms. The van der Waals surface area contributed by atoms with Crippen molar-refractivity contribution in [3.8, 4) is 5.75 Å². The molecule has 2 aliphatic heterocycles. The van der Waals surface area contributed by atoms with Crippen LogP contribution in [-0.2, 0) is 0 Å². The molecular weight excluding hydrogens is 348 g/mol. The minimum atomic E-state index is 0.382. The predicted molar refractivity (Wildman–Crippen MR) is 117 cm³/mol. The van der Waals surface area contributed by atoms with Crippen molar-refractivity contribution >= 4 is 5.96 Å². The Kier molecular flexibility index (Phi) is 6.86. The van der Waals surface area contributed by atoms with Crippen LogP contribution in [0.25, 0.3) is 0 Å². The number of aliphatic imine (C=N–C) groups is 1. The largest absolute Gasteiger partial charge is 0.497 e. The molecule has 2 fully saturated rings. The van der Waals surface area contributed by atoms with Crippen LogP contribution in [0.4, 0.5) is 0 Å². The van der Waals surface area contributed by atoms with Gasteiger partial charge in [0, 0.05) is 32.2 Å². The summed E-state index contributed by atoms with van der Waals surface area (Å²) >= 11 is 0. The van der Waals surface area contributed by atoms with Crippen LogP contribution in [0.1, 0.15) is 51.6 Å². The van der Waals surface area contributed by atoms with Crippen LogP contribution in [0.2, 0.25) is 0 Å². The molecule has 3 rings (SSSR count). The van der Waals surface area contributed by atoms with Gasteiger partial charge in [0.25, 0.3) is 0 Å². The van der Waals surface area contributed by atoms with Crippen molar-refractivity contribution in [2.75, 3.05) is 46.9 Å². The summed E-state index contributed by atoms with van der Waals surface area (Å²) < 4.78 is 5.34. The molecule has 2 heterocycles. The zero-order valence-corrected chi connectivity index (χ0v) is 18.4. The maximum Gasteiger partial charge on any atom is 0.193 e. The number of ether oxygens (including phenoxy) is 1. The molecule has 2 aliphatic rings. The number of methoxy groups -OCH3 is 1. The number of hydrogen-bond acceptors (Lipinski definition) is 3. The number of hydrogen-bond donors (Lipinski definition) is 1. The minimum Gasteiger partial charge on any atom is -0.497 e. The molecule has 0 saturated carbocycles. The molecule has 1 N–H and O–H groups in total. The molecule has 1 aromatic carbocycles. The molecule has 5 nitrogen and oxygen atoms in total. The third kappa shape index (κ3) is 4.99. The summed E-state index contributed by atoms with van der Waals surface area (Å²) in [6.07, 6.45) is 3.71. The topological polar surface area (TPSA) is 40.1 Å². The Labute approximate surface area is 171 Å². The highest BCUT2D eigenvalue weighted by Gasteiger charge is 2.33. The van der Waals surface area contributed by atoms with Crippen LogP contribution in [0.3, 0.4) is 0 Å². The van der Waals surface area contributed by atoms with Gasteiger partial charge < -0.3 is 15.0 Å². The summed E-state index contributed by atoms with van der Waals surface area (Å²) in [4.78, 5) is 10.0. The zero-order valence-electron chi connectivity index (χ0n) is 18.4. The lowest BCUT2D eigenvalue weighted by Crippen LogP contribution is -2.42. The third-order valence-corrected chi connectivity index (χ3v) is 6.25. The van der Waals surface area contributed by atoms with Gasteiger partial charge in [-0.15, -0.1) is 0 Å². The second kappa shape index (κ2) is 9.17. The van der Waals surface area contributed by atoms with E-state index in [9.17, 15) is 0 Å². The van der Waals surface area contributed by atoms with Gasteiger partial charge in [-0.2, -0.15) is 0 Å². The van der Waals surface area contributed by atoms with Gasteiger partial charge in [-0.05, 0) is 68.8 Å². The Morgan fingerprint density at radius 3 is 2.61 bits per heavy atom. The lowest BCUT2D eigenvalue weighted by atomic mass is 9.85. The molecule has 0 amide bonds. The molecule has 2 unspecified atom stereocenters. The Balaban J connectivity index is 1.75. The molecule has 5 heteroatoms. The first-order valence-electron chi connectivity index (χ1n) is 10.8. The zero-order chi connectivity index (χ0) is 20.1. The highest BCUT2D eigenvalue weighted by molar-refractivity contribution is 5.80. The standard InChI is InChI=1S/C23H38N4O/c1-6-24-22(27-15-13-23(2,3)17-27)25-16-19-8-7-14-26(4)21(19)18-9-11-20(28-5)12-10-18/h9-12,19,21H,6-8,13-17H2,1-5H3,(H,24,25). The van der Waals surface area contributed by atoms with E-state index in [-0.39, 0.29) is 0 Å². The van der Waals surface area contributed by atoms with E-state index in [4.69, 9.17) is 9.73 Å². The van der Waals surface area contributed by atoms with Crippen molar-refractivity contribution in [3.05, 3.63) is 29.8 Å². The Hall–Kier alpha value is -1.75. The van der Waals surface area contributed by atoms with Gasteiger partial charge in [0.1, 0.15) is 5.75 Å². The molecule has 0 spiro atoms. The Morgan fingerprint density at radius 1 is 1.25 bits per heavy atom. The van der Waals surface area contributed by atoms with Crippen LogP contribution in [0.15, 0.2) is 29.3 Å². The summed E-state index contributed by atoms with van der Waals surface area (Å²) in [6.45, 7) is 12.0. The van der Waals surface area contributed by atoms with Gasteiger partial charge in [0.15, 0.2) is 5.96 Å². The van der Waals surface area contributed by atoms with Crippen molar-refractivity contribution in [1.29, 1.82) is 0 Å². The van der Waals surface area contributed by atoms with Gasteiger partial charge in [0.2, 0.25) is 0 Å². The second-order valence-electron chi connectivity index (χ2n) is 9.13. The lowest BCUT2D eigenvalue weighted by Gasteiger charge is -2.39. The van der Waals surface area contributed by atoms with Crippen molar-refractivity contribution < 1.29 is 4.74 Å². The van der Waals surface area contributed by atoms with Crippen LogP contribution < -0.4 is 10.1 Å². The van der Waals surface area contributed by atoms with E-state index in [0.29, 0.717) is 17.4 Å². The predicted octanol–water partition coefficient (Wildman–Crippen LogP) is 3.78. The van der Waals surface area contributed by atoms with Crippen LogP contribution in [0.5, 0.6) is 5.75 Å². The van der Waals surface area contributed by atoms with Gasteiger partial charge in [-0.3, -0.25) is 9.89 Å². The van der Waals surface area contributed by atoms with E-state index in [1.807, 2.05) is 0 Å². The maximum absolute atomic E-state index is 5.34. The molecule has 156 valence electrons. The number of nitrogens with zero attached hydrogens (tertiary/aromatic N) is 3. The number of likely N-dealkylation sites (tertiary alicyclic amines) is 2. The van der Waals surface area contributed by atoms with Crippen LogP contribution in [-0.4, -0.2) is 62.6 Å². The first-order valence-corrected chi connectivity index (χ1v) is 10.8. The van der Waals surface area contributed by atoms with Gasteiger partial charge in [0.05, 0.1) is 7.11 Å². The number of piperidine rings is 1. The minimum absolute atomic E-state index is 0.382. The van der Waals surface area contributed by atoms with Crippen molar-refractivity contribution in [2.24, 2.45) is 16.3 Å². The number of guanidine groups is 1. The first kappa shape index (κ1) is 21.0. The van der Waals surface area contributed by atoms with E-state index < -0.39 is 0 Å². The molecule has 1 aromatic rings. The fourth-order valence-electron chi connectivity index (χ4n) is 4.70. The maximum atomic E-state index is 5.34. The highest BCUT2D eigenvalue weighted by atomic mass is 16.5. The number of nitrogens with one attached hydrogen (secondary N) is 1. The van der Waals surface area contributed by atoms with E-state index >= 15 is 0 Å². The fraction of sp³-hybridized carbons (Fsp3) is 0.696. The summed E-state index contributed by atoms with van der Waals surface area (Å²) in [5.41, 5.74) is 1.75. The smallest absolute Gasteiger partial charge is 0.193 e. The SMILES string of the molecule is CCNC(=NCC1CCCN(C)C1c1ccc(OC)cc1)N1CCC(C)(C)C1. The molecule has 2 atom stereocenters. The second-order valence-corrected chi connectivity index (χ2v) is 9.13. The van der Waals surface area contributed by atoms with Crippen LogP contribution >= 0.6 is 0 Å². The number of benzene rings is 1. The Bertz CT molecular complexity index is 655. The molecule has 0 radical (unpaired) electrons. The average molecular weight is 387 g/mol. The molecule has 0 aliphatic carbocycles. The third-order valence-electron chi connectivity index (χ3n) is 6.25. The summed E-state index contributed by atoms with van der Waals surface area (Å²) in [5.74, 6) is 2.55. The molecule has 0 aromatic heterocycles. The molecule has 0 bridgehead atoms. The summed E-state index contributed by atoms with van der Waals surface area (Å²) in [5, 5.41) is 3.53. The van der Waals surface area contributed by atoms with Crippen molar-refractivity contribution in [3.63, 3.8) is 0 Å². The monoisotopic (exact) mass is 386 g/mol. The van der Waals surface area contributed by atoms with E-state index in [2.05, 4.69) is 67.2 Å². The van der Waals surface area contributed by atoms with Gasteiger partial charge >= 0.3 is 0 Å². The van der Waals surface area contributed by atoms with Crippen LogP contribution in [0, 0.1) is 11.3 Å². The number of rotatable bonds is 5. The summed E-state index contributed by atoms with van der Waals surface area (Å²) in [7, 11) is 3.97. The fourth-order valence-corrected chi connectivity index (χ4v) is 4.70. The summed E-state index contributed by atoms with van der Waals surface area (Å²) in [6, 6.07) is 9.01. The molecule has 2 saturated heterocycles. The first-order chi connectivity index (χ1) is 13.4. The normalized spacial score (nSPS) is 25.8. The highest BCUT2D eigenvalue weighted by Crippen LogP contribution is 2.36.